The predicted octanol–water partition coefficient (Wildman–Crippen LogP) is 8.52. The van der Waals surface area contributed by atoms with Crippen molar-refractivity contribution in [3.05, 3.63) is 35.9 Å². The summed E-state index contributed by atoms with van der Waals surface area (Å²) in [6, 6.07) is 10.0. The van der Waals surface area contributed by atoms with E-state index in [9.17, 15) is 4.79 Å². The third-order valence-electron chi connectivity index (χ3n) is 6.56. The van der Waals surface area contributed by atoms with Crippen molar-refractivity contribution in [1.82, 2.24) is 4.90 Å². The highest BCUT2D eigenvalue weighted by Gasteiger charge is 2.54. The van der Waals surface area contributed by atoms with Gasteiger partial charge in [-0.05, 0) is 12.0 Å². The van der Waals surface area contributed by atoms with Gasteiger partial charge in [0.2, 0.25) is 5.91 Å². The van der Waals surface area contributed by atoms with Crippen LogP contribution in [0.5, 0.6) is 0 Å². The van der Waals surface area contributed by atoms with Crippen molar-refractivity contribution in [1.29, 1.82) is 0 Å². The molecule has 0 spiro atoms. The summed E-state index contributed by atoms with van der Waals surface area (Å²) in [6.07, 6.45) is 16.1. The second kappa shape index (κ2) is 14.7. The summed E-state index contributed by atoms with van der Waals surface area (Å²) in [5, 5.41) is 0. The number of likely N-dealkylation sites (tertiary alicyclic amines) is 1. The topological polar surface area (TPSA) is 20.3 Å². The molecule has 1 aliphatic heterocycles. The van der Waals surface area contributed by atoms with Gasteiger partial charge in [-0.1, -0.05) is 114 Å². The Morgan fingerprint density at radius 1 is 0.903 bits per heavy atom. The summed E-state index contributed by atoms with van der Waals surface area (Å²) in [4.78, 5) is 13.4. The van der Waals surface area contributed by atoms with Gasteiger partial charge in [-0.25, -0.2) is 0 Å². The molecule has 0 radical (unpaired) electrons. The maximum Gasteiger partial charge on any atom is 0.244 e. The quantitative estimate of drug-likeness (QED) is 0.169. The maximum atomic E-state index is 13.2. The smallest absolute Gasteiger partial charge is 0.244 e. The second-order valence-corrected chi connectivity index (χ2v) is 11.0. The molecule has 2 rings (SSSR count). The zero-order valence-electron chi connectivity index (χ0n) is 19.1. The van der Waals surface area contributed by atoms with Crippen molar-refractivity contribution < 1.29 is 4.79 Å². The van der Waals surface area contributed by atoms with Crippen LogP contribution in [0.3, 0.4) is 0 Å². The first kappa shape index (κ1) is 26.8. The molecule has 0 N–H and O–H groups in total. The van der Waals surface area contributed by atoms with Gasteiger partial charge in [-0.2, -0.15) is 0 Å². The lowest BCUT2D eigenvalue weighted by molar-refractivity contribution is -0.130. The number of nitrogens with zero attached hydrogens (tertiary/aromatic N) is 1. The Labute approximate surface area is 205 Å². The molecular weight excluding hydrogens is 449 g/mol. The van der Waals surface area contributed by atoms with Crippen molar-refractivity contribution in [3.63, 3.8) is 0 Å². The molecule has 5 heteroatoms. The summed E-state index contributed by atoms with van der Waals surface area (Å²) in [7, 11) is 0. The van der Waals surface area contributed by atoms with Crippen LogP contribution in [-0.4, -0.2) is 27.1 Å². The van der Waals surface area contributed by atoms with E-state index in [1.54, 1.807) is 0 Å². The number of benzene rings is 1. The third-order valence-corrected chi connectivity index (χ3v) is 7.80. The minimum absolute atomic E-state index is 0.0163. The van der Waals surface area contributed by atoms with Crippen molar-refractivity contribution >= 4 is 40.7 Å². The summed E-state index contributed by atoms with van der Waals surface area (Å²) in [6.45, 7) is 3.34. The molecule has 176 valence electrons. The fourth-order valence-electron chi connectivity index (χ4n) is 4.62. The predicted molar refractivity (Wildman–Crippen MR) is 135 cm³/mol. The fourth-order valence-corrected chi connectivity index (χ4v) is 5.79. The summed E-state index contributed by atoms with van der Waals surface area (Å²) in [5.74, 6) is -0.251. The van der Waals surface area contributed by atoms with Crippen molar-refractivity contribution in [2.45, 2.75) is 107 Å². The number of alkyl halides is 3. The van der Waals surface area contributed by atoms with E-state index in [0.717, 1.165) is 18.4 Å². The number of carbonyl (C=O) groups excluding carboxylic acids is 1. The van der Waals surface area contributed by atoms with E-state index < -0.39 is 9.71 Å². The Hall–Kier alpha value is -0.440. The monoisotopic (exact) mass is 487 g/mol. The van der Waals surface area contributed by atoms with E-state index in [0.29, 0.717) is 19.5 Å². The Morgan fingerprint density at radius 2 is 1.42 bits per heavy atom. The number of hydrogen-bond acceptors (Lipinski definition) is 1. The minimum Gasteiger partial charge on any atom is -0.336 e. The molecule has 1 aromatic rings. The van der Waals surface area contributed by atoms with E-state index in [2.05, 4.69) is 6.92 Å². The average Bonchev–Trinajstić information content (AvgIpc) is 3.00. The highest BCUT2D eigenvalue weighted by molar-refractivity contribution is 6.46. The van der Waals surface area contributed by atoms with E-state index in [1.807, 2.05) is 35.2 Å². The number of halogens is 3. The number of rotatable bonds is 16. The highest BCUT2D eigenvalue weighted by Crippen LogP contribution is 2.44. The Balaban J connectivity index is 1.68. The zero-order chi connectivity index (χ0) is 22.5. The molecule has 2 atom stereocenters. The largest absolute Gasteiger partial charge is 0.336 e. The first-order chi connectivity index (χ1) is 15.0. The molecule has 1 aromatic carbocycles. The molecule has 1 saturated heterocycles. The second-order valence-electron chi connectivity index (χ2n) is 9.11. The fraction of sp³-hybridized carbons (Fsp3) is 0.731. The van der Waals surface area contributed by atoms with Gasteiger partial charge in [0.25, 0.3) is 0 Å². The van der Waals surface area contributed by atoms with Gasteiger partial charge in [0.1, 0.15) is 9.71 Å². The lowest BCUT2D eigenvalue weighted by atomic mass is 9.90. The summed E-state index contributed by atoms with van der Waals surface area (Å²) in [5.41, 5.74) is 1.10. The first-order valence-electron chi connectivity index (χ1n) is 12.3. The van der Waals surface area contributed by atoms with Gasteiger partial charge in [0.05, 0.1) is 0 Å². The molecule has 0 saturated carbocycles. The van der Waals surface area contributed by atoms with Crippen LogP contribution in [0, 0.1) is 5.92 Å². The van der Waals surface area contributed by atoms with E-state index in [4.69, 9.17) is 34.8 Å². The van der Waals surface area contributed by atoms with Gasteiger partial charge in [-0.3, -0.25) is 4.79 Å². The van der Waals surface area contributed by atoms with Gasteiger partial charge in [0, 0.05) is 19.0 Å². The molecular formula is C26H40Cl3NO. The maximum absolute atomic E-state index is 13.2. The normalized spacial score (nSPS) is 21.4. The molecule has 0 bridgehead atoms. The summed E-state index contributed by atoms with van der Waals surface area (Å²) >= 11 is 19.4. The molecule has 1 aliphatic rings. The molecule has 0 aliphatic carbocycles. The lowest BCUT2D eigenvalue weighted by Crippen LogP contribution is -2.40. The molecule has 31 heavy (non-hydrogen) atoms. The Bertz CT molecular complexity index is 624. The Morgan fingerprint density at radius 3 is 1.94 bits per heavy atom. The Kier molecular flexibility index (Phi) is 12.7. The van der Waals surface area contributed by atoms with Crippen LogP contribution in [0.2, 0.25) is 0 Å². The number of hydrogen-bond donors (Lipinski definition) is 0. The molecule has 1 heterocycles. The van der Waals surface area contributed by atoms with Crippen LogP contribution < -0.4 is 0 Å². The van der Waals surface area contributed by atoms with E-state index in [1.165, 1.54) is 64.2 Å². The molecule has 0 unspecified atom stereocenters. The van der Waals surface area contributed by atoms with Crippen molar-refractivity contribution in [3.8, 4) is 0 Å². The minimum atomic E-state index is -0.971. The summed E-state index contributed by atoms with van der Waals surface area (Å²) < 4.78 is 0. The molecule has 1 amide bonds. The third kappa shape index (κ3) is 8.78. The van der Waals surface area contributed by atoms with Crippen molar-refractivity contribution in [2.75, 3.05) is 6.54 Å². The van der Waals surface area contributed by atoms with Gasteiger partial charge >= 0.3 is 0 Å². The average molecular weight is 489 g/mol. The van der Waals surface area contributed by atoms with Crippen molar-refractivity contribution in [2.24, 2.45) is 5.92 Å². The van der Waals surface area contributed by atoms with Crippen LogP contribution >= 0.6 is 34.8 Å². The highest BCUT2D eigenvalue weighted by atomic mass is 35.5. The number of amides is 1. The van der Waals surface area contributed by atoms with Gasteiger partial charge in [-0.15, -0.1) is 34.8 Å². The van der Waals surface area contributed by atoms with Crippen LogP contribution in [0.1, 0.15) is 96.0 Å². The van der Waals surface area contributed by atoms with E-state index in [-0.39, 0.29) is 11.8 Å². The lowest BCUT2D eigenvalue weighted by Gasteiger charge is -2.26. The standard InChI is InChI=1S/C26H40Cl3NO/c1-2-3-4-5-6-7-8-9-10-11-12-16-19-26(29)23(24(27)28)21-30(25(26)31)20-22-17-14-13-15-18-22/h13-15,17-18,23-24H,2-12,16,19-21H2,1H3/t23-,26+/m0/s1. The number of unbranched alkanes of at least 4 members (excludes halogenated alkanes) is 11. The van der Waals surface area contributed by atoms with Crippen LogP contribution in [0.25, 0.3) is 0 Å². The zero-order valence-corrected chi connectivity index (χ0v) is 21.4. The van der Waals surface area contributed by atoms with Gasteiger partial charge < -0.3 is 4.90 Å². The molecule has 0 aromatic heterocycles. The number of carbonyl (C=O) groups is 1. The first-order valence-corrected chi connectivity index (χ1v) is 13.5. The molecule has 1 fully saturated rings. The van der Waals surface area contributed by atoms with Crippen LogP contribution in [0.15, 0.2) is 30.3 Å². The SMILES string of the molecule is CCCCCCCCCCCCCC[C@]1(Cl)C(=O)N(Cc2ccccc2)C[C@H]1C(Cl)Cl. The van der Waals surface area contributed by atoms with Crippen LogP contribution in [0.4, 0.5) is 0 Å². The van der Waals surface area contributed by atoms with E-state index >= 15 is 0 Å². The van der Waals surface area contributed by atoms with Gasteiger partial charge in [0.15, 0.2) is 0 Å². The van der Waals surface area contributed by atoms with Crippen LogP contribution in [-0.2, 0) is 11.3 Å². The molecule has 2 nitrogen and oxygen atoms in total.